The van der Waals surface area contributed by atoms with Crippen LogP contribution >= 0.6 is 0 Å². The van der Waals surface area contributed by atoms with Crippen molar-refractivity contribution in [1.82, 2.24) is 0 Å². The maximum atomic E-state index is 12.1. The van der Waals surface area contributed by atoms with Crippen molar-refractivity contribution in [3.05, 3.63) is 59.7 Å². The Balaban J connectivity index is 1.91. The predicted molar refractivity (Wildman–Crippen MR) is 99.0 cm³/mol. The summed E-state index contributed by atoms with van der Waals surface area (Å²) in [6, 6.07) is 10.4. The van der Waals surface area contributed by atoms with Gasteiger partial charge in [-0.2, -0.15) is 0 Å². The number of aliphatic imine (C=N–C) groups is 1. The summed E-state index contributed by atoms with van der Waals surface area (Å²) in [4.78, 5) is 16.6. The molecule has 0 heterocycles. The predicted octanol–water partition coefficient (Wildman–Crippen LogP) is 4.03. The first kappa shape index (κ1) is 16.8. The molecule has 0 amide bonds. The molecule has 0 aromatic heterocycles. The largest absolute Gasteiger partial charge is 0.507 e. The summed E-state index contributed by atoms with van der Waals surface area (Å²) >= 11 is 0. The Hall–Kier alpha value is -3.08. The second-order valence-corrected chi connectivity index (χ2v) is 5.81. The fourth-order valence-electron chi connectivity index (χ4n) is 2.64. The second-order valence-electron chi connectivity index (χ2n) is 5.81. The maximum absolute atomic E-state index is 12.1. The summed E-state index contributed by atoms with van der Waals surface area (Å²) in [5.41, 5.74) is 8.09. The molecule has 0 spiro atoms. The highest BCUT2D eigenvalue weighted by molar-refractivity contribution is 6.27. The summed E-state index contributed by atoms with van der Waals surface area (Å²) in [7, 11) is 0. The third-order valence-electron chi connectivity index (χ3n) is 3.96. The standard InChI is InChI=1S/C20H20N2O3/c1-2-3-12-25-14-6-4-13(5-7-14)22-16-9-11-17(23)19-15(21)8-10-18(24)20(16)19/h4-11,24H,2-3,12,21H2,1H3. The number of aromatic hydroxyl groups is 1. The van der Waals surface area contributed by atoms with E-state index in [4.69, 9.17) is 10.5 Å². The lowest BCUT2D eigenvalue weighted by atomic mass is 9.92. The molecule has 0 aliphatic heterocycles. The Morgan fingerprint density at radius 1 is 1.08 bits per heavy atom. The number of benzene rings is 2. The number of nitrogens with two attached hydrogens (primary N) is 1. The number of ether oxygens (including phenoxy) is 1. The molecule has 1 aliphatic rings. The van der Waals surface area contributed by atoms with Crippen molar-refractivity contribution in [1.29, 1.82) is 0 Å². The van der Waals surface area contributed by atoms with Crippen LogP contribution in [0.1, 0.15) is 35.7 Å². The molecule has 5 nitrogen and oxygen atoms in total. The molecule has 0 bridgehead atoms. The van der Waals surface area contributed by atoms with Crippen LogP contribution < -0.4 is 10.5 Å². The number of unbranched alkanes of at least 4 members (excludes halogenated alkanes) is 1. The number of carbonyl (C=O) groups is 1. The Morgan fingerprint density at radius 3 is 2.56 bits per heavy atom. The molecule has 0 fully saturated rings. The summed E-state index contributed by atoms with van der Waals surface area (Å²) in [5, 5.41) is 10.2. The van der Waals surface area contributed by atoms with Gasteiger partial charge in [-0.25, -0.2) is 4.99 Å². The van der Waals surface area contributed by atoms with Gasteiger partial charge in [0.15, 0.2) is 5.78 Å². The van der Waals surface area contributed by atoms with E-state index in [1.165, 1.54) is 18.2 Å². The van der Waals surface area contributed by atoms with Crippen molar-refractivity contribution in [3.8, 4) is 11.5 Å². The number of carbonyl (C=O) groups excluding carboxylic acids is 1. The summed E-state index contributed by atoms with van der Waals surface area (Å²) in [6.07, 6.45) is 5.11. The highest BCUT2D eigenvalue weighted by Crippen LogP contribution is 2.32. The van der Waals surface area contributed by atoms with Gasteiger partial charge in [0, 0.05) is 5.69 Å². The van der Waals surface area contributed by atoms with Crippen molar-refractivity contribution in [2.45, 2.75) is 19.8 Å². The van der Waals surface area contributed by atoms with Crippen LogP contribution in [0.5, 0.6) is 11.5 Å². The van der Waals surface area contributed by atoms with E-state index in [1.54, 1.807) is 6.08 Å². The monoisotopic (exact) mass is 336 g/mol. The Labute approximate surface area is 146 Å². The molecule has 0 unspecified atom stereocenters. The van der Waals surface area contributed by atoms with Gasteiger partial charge >= 0.3 is 0 Å². The van der Waals surface area contributed by atoms with Crippen LogP contribution in [0.2, 0.25) is 0 Å². The molecule has 1 aliphatic carbocycles. The molecule has 3 N–H and O–H groups in total. The van der Waals surface area contributed by atoms with Crippen LogP contribution in [0, 0.1) is 0 Å². The number of hydrogen-bond acceptors (Lipinski definition) is 5. The second kappa shape index (κ2) is 7.21. The van der Waals surface area contributed by atoms with Crippen molar-refractivity contribution in [2.24, 2.45) is 4.99 Å². The molecule has 25 heavy (non-hydrogen) atoms. The van der Waals surface area contributed by atoms with Gasteiger partial charge in [0.25, 0.3) is 0 Å². The number of phenols is 1. The van der Waals surface area contributed by atoms with Gasteiger partial charge in [0.2, 0.25) is 0 Å². The van der Waals surface area contributed by atoms with Crippen LogP contribution in [0.25, 0.3) is 0 Å². The van der Waals surface area contributed by atoms with E-state index < -0.39 is 0 Å². The minimum atomic E-state index is -0.234. The molecule has 0 radical (unpaired) electrons. The summed E-state index contributed by atoms with van der Waals surface area (Å²) in [5.74, 6) is 0.543. The van der Waals surface area contributed by atoms with Gasteiger partial charge in [-0.1, -0.05) is 13.3 Å². The first-order chi connectivity index (χ1) is 12.1. The molecule has 2 aromatic carbocycles. The Kier molecular flexibility index (Phi) is 4.84. The van der Waals surface area contributed by atoms with Crippen LogP contribution in [0.15, 0.2) is 53.5 Å². The van der Waals surface area contributed by atoms with Gasteiger partial charge in [0.1, 0.15) is 11.5 Å². The quantitative estimate of drug-likeness (QED) is 0.490. The molecule has 3 rings (SSSR count). The molecular formula is C20H20N2O3. The van der Waals surface area contributed by atoms with E-state index in [9.17, 15) is 9.90 Å². The minimum Gasteiger partial charge on any atom is -0.507 e. The van der Waals surface area contributed by atoms with E-state index in [2.05, 4.69) is 11.9 Å². The number of ketones is 1. The number of rotatable bonds is 5. The fraction of sp³-hybridized carbons (Fsp3) is 0.200. The maximum Gasteiger partial charge on any atom is 0.188 e. The molecular weight excluding hydrogens is 316 g/mol. The lowest BCUT2D eigenvalue weighted by molar-refractivity contribution is 0.104. The third kappa shape index (κ3) is 3.55. The zero-order valence-electron chi connectivity index (χ0n) is 14.0. The van der Waals surface area contributed by atoms with Crippen LogP contribution in [-0.2, 0) is 0 Å². The van der Waals surface area contributed by atoms with E-state index in [-0.39, 0.29) is 11.5 Å². The van der Waals surface area contributed by atoms with Gasteiger partial charge in [0.05, 0.1) is 29.1 Å². The average molecular weight is 336 g/mol. The highest BCUT2D eigenvalue weighted by Gasteiger charge is 2.23. The van der Waals surface area contributed by atoms with Crippen LogP contribution in [-0.4, -0.2) is 23.2 Å². The highest BCUT2D eigenvalue weighted by atomic mass is 16.5. The Morgan fingerprint density at radius 2 is 1.84 bits per heavy atom. The van der Waals surface area contributed by atoms with Crippen LogP contribution in [0.3, 0.4) is 0 Å². The lowest BCUT2D eigenvalue weighted by Gasteiger charge is -2.16. The molecule has 2 aromatic rings. The number of phenolic OH excluding ortho intramolecular Hbond substituents is 1. The zero-order valence-corrected chi connectivity index (χ0v) is 14.0. The molecule has 0 atom stereocenters. The van der Waals surface area contributed by atoms with E-state index in [1.807, 2.05) is 24.3 Å². The number of anilines is 1. The number of nitrogens with zero attached hydrogens (tertiary/aromatic N) is 1. The van der Waals surface area contributed by atoms with E-state index in [0.29, 0.717) is 34.8 Å². The van der Waals surface area contributed by atoms with Gasteiger partial charge in [-0.15, -0.1) is 0 Å². The van der Waals surface area contributed by atoms with Crippen molar-refractivity contribution >= 4 is 22.9 Å². The van der Waals surface area contributed by atoms with Crippen molar-refractivity contribution < 1.29 is 14.6 Å². The fourth-order valence-corrected chi connectivity index (χ4v) is 2.64. The third-order valence-corrected chi connectivity index (χ3v) is 3.96. The molecule has 5 heteroatoms. The topological polar surface area (TPSA) is 84.9 Å². The van der Waals surface area contributed by atoms with Gasteiger partial charge < -0.3 is 15.6 Å². The number of nitrogen functional groups attached to an aromatic ring is 1. The molecule has 128 valence electrons. The van der Waals surface area contributed by atoms with E-state index >= 15 is 0 Å². The average Bonchev–Trinajstić information content (AvgIpc) is 2.61. The van der Waals surface area contributed by atoms with Gasteiger partial charge in [-0.05, 0) is 55.0 Å². The number of allylic oxidation sites excluding steroid dienone is 2. The van der Waals surface area contributed by atoms with Crippen molar-refractivity contribution in [2.75, 3.05) is 12.3 Å². The number of hydrogen-bond donors (Lipinski definition) is 2. The zero-order chi connectivity index (χ0) is 17.8. The minimum absolute atomic E-state index is 0.0137. The normalized spacial score (nSPS) is 14.6. The number of fused-ring (bicyclic) bond motifs is 1. The lowest BCUT2D eigenvalue weighted by Crippen LogP contribution is -2.15. The first-order valence-electron chi connectivity index (χ1n) is 8.26. The molecule has 0 saturated carbocycles. The first-order valence-corrected chi connectivity index (χ1v) is 8.26. The van der Waals surface area contributed by atoms with Crippen LogP contribution in [0.4, 0.5) is 11.4 Å². The summed E-state index contributed by atoms with van der Waals surface area (Å²) in [6.45, 7) is 2.81. The molecule has 0 saturated heterocycles. The SMILES string of the molecule is CCCCOc1ccc(N=C2C=CC(=O)c3c(N)ccc(O)c32)cc1. The van der Waals surface area contributed by atoms with Gasteiger partial charge in [-0.3, -0.25) is 4.79 Å². The summed E-state index contributed by atoms with van der Waals surface area (Å²) < 4.78 is 5.63. The Bertz CT molecular complexity index is 852. The smallest absolute Gasteiger partial charge is 0.188 e. The van der Waals surface area contributed by atoms with Crippen molar-refractivity contribution in [3.63, 3.8) is 0 Å². The van der Waals surface area contributed by atoms with E-state index in [0.717, 1.165) is 18.6 Å².